The number of hydrogen-bond donors (Lipinski definition) is 0. The summed E-state index contributed by atoms with van der Waals surface area (Å²) >= 11 is 0. The molecule has 0 aromatic rings. The van der Waals surface area contributed by atoms with Gasteiger partial charge in [0.25, 0.3) is 0 Å². The van der Waals surface area contributed by atoms with Crippen molar-refractivity contribution in [1.29, 1.82) is 0 Å². The van der Waals surface area contributed by atoms with Crippen molar-refractivity contribution >= 4 is 47.8 Å². The van der Waals surface area contributed by atoms with Gasteiger partial charge in [0, 0.05) is 0 Å². The van der Waals surface area contributed by atoms with E-state index in [1.165, 1.54) is 103 Å². The van der Waals surface area contributed by atoms with E-state index in [1.54, 1.807) is 0 Å². The minimum atomic E-state index is -1.47. The van der Waals surface area contributed by atoms with E-state index < -0.39 is 23.9 Å². The van der Waals surface area contributed by atoms with Crippen molar-refractivity contribution in [2.24, 2.45) is 0 Å². The molecule has 0 N–H and O–H groups in total. The number of aliphatic carboxylic acids is 4. The van der Waals surface area contributed by atoms with Crippen LogP contribution in [0.2, 0.25) is 0 Å². The molecule has 0 rings (SSSR count). The molecule has 0 aliphatic heterocycles. The van der Waals surface area contributed by atoms with Crippen molar-refractivity contribution in [2.75, 3.05) is 0 Å². The second-order valence-corrected chi connectivity index (χ2v) is 11.1. The van der Waals surface area contributed by atoms with Crippen molar-refractivity contribution in [1.82, 2.24) is 0 Å². The molecule has 244 valence electrons. The van der Waals surface area contributed by atoms with E-state index in [9.17, 15) is 39.6 Å². The Morgan fingerprint density at radius 1 is 0.395 bits per heavy atom. The van der Waals surface area contributed by atoms with Gasteiger partial charge >= 0.3 is 23.9 Å². The van der Waals surface area contributed by atoms with Crippen LogP contribution in [0.5, 0.6) is 0 Å². The van der Waals surface area contributed by atoms with Gasteiger partial charge in [-0.15, -0.1) is 0 Å². The summed E-state index contributed by atoms with van der Waals surface area (Å²) in [5.41, 5.74) is -0.350. The fourth-order valence-corrected chi connectivity index (χ4v) is 4.71. The van der Waals surface area contributed by atoms with Crippen LogP contribution in [0.4, 0.5) is 0 Å². The van der Waals surface area contributed by atoms with Crippen molar-refractivity contribution in [2.45, 2.75) is 168 Å². The summed E-state index contributed by atoms with van der Waals surface area (Å²) < 4.78 is 0. The molecule has 0 heterocycles. The molecule has 0 unspecified atom stereocenters. The Morgan fingerprint density at radius 2 is 0.605 bits per heavy atom. The zero-order chi connectivity index (χ0) is 31.8. The van der Waals surface area contributed by atoms with E-state index in [4.69, 9.17) is 0 Å². The SMILES string of the molecule is CCCCCCCCCCCCC/C(=C/C(=O)[O-])C(=O)[O-].CCCCCCCCCCCCC/C(=C/C(=O)[O-])C(=O)[O-].[Sn+4]. The normalized spacial score (nSPS) is 11.3. The maximum absolute atomic E-state index is 10.7. The van der Waals surface area contributed by atoms with E-state index in [2.05, 4.69) is 13.8 Å². The number of carbonyl (C=O) groups is 4. The van der Waals surface area contributed by atoms with E-state index >= 15 is 0 Å². The Morgan fingerprint density at radius 3 is 0.791 bits per heavy atom. The number of unbranched alkanes of at least 4 members (excludes halogenated alkanes) is 20. The van der Waals surface area contributed by atoms with Gasteiger partial charge in [0.1, 0.15) is 0 Å². The molecule has 43 heavy (non-hydrogen) atoms. The number of carbonyl (C=O) groups excluding carboxylic acids is 4. The smallest absolute Gasteiger partial charge is 0.545 e. The fraction of sp³-hybridized carbons (Fsp3) is 0.765. The Hall–Kier alpha value is -1.84. The number of hydrogen-bond acceptors (Lipinski definition) is 8. The molecule has 0 radical (unpaired) electrons. The molecule has 0 aliphatic carbocycles. The molecule has 0 bridgehead atoms. The average molecular weight is 712 g/mol. The molecule has 8 nitrogen and oxygen atoms in total. The summed E-state index contributed by atoms with van der Waals surface area (Å²) in [7, 11) is 0. The van der Waals surface area contributed by atoms with Crippen LogP contribution in [0.25, 0.3) is 0 Å². The predicted molar refractivity (Wildman–Crippen MR) is 164 cm³/mol. The molecule has 0 aromatic heterocycles. The summed E-state index contributed by atoms with van der Waals surface area (Å²) in [6.07, 6.45) is 27.6. The third kappa shape index (κ3) is 36.3. The molecule has 0 aliphatic rings. The third-order valence-electron chi connectivity index (χ3n) is 7.21. The van der Waals surface area contributed by atoms with Gasteiger partial charge in [0.2, 0.25) is 0 Å². The van der Waals surface area contributed by atoms with E-state index in [-0.39, 0.29) is 47.9 Å². The Kier molecular flexibility index (Phi) is 36.7. The first-order chi connectivity index (χ1) is 20.1. The number of carboxylic acid groups (broad SMARTS) is 4. The maximum atomic E-state index is 10.7. The van der Waals surface area contributed by atoms with Gasteiger partial charge in [-0.1, -0.05) is 142 Å². The second kappa shape index (κ2) is 34.6. The van der Waals surface area contributed by atoms with E-state index in [1.807, 2.05) is 0 Å². The first kappa shape index (κ1) is 45.6. The minimum Gasteiger partial charge on any atom is -0.545 e. The minimum absolute atomic E-state index is 0. The third-order valence-corrected chi connectivity index (χ3v) is 7.21. The van der Waals surface area contributed by atoms with Gasteiger partial charge in [-0.3, -0.25) is 0 Å². The second-order valence-electron chi connectivity index (χ2n) is 11.1. The summed E-state index contributed by atoms with van der Waals surface area (Å²) in [5, 5.41) is 42.0. The molecule has 0 saturated heterocycles. The molecular formula is C34H56O8Sn. The van der Waals surface area contributed by atoms with Gasteiger partial charge in [-0.2, -0.15) is 0 Å². The maximum Gasteiger partial charge on any atom is 4.00 e. The zero-order valence-electron chi connectivity index (χ0n) is 26.9. The Labute approximate surface area is 277 Å². The van der Waals surface area contributed by atoms with Gasteiger partial charge in [-0.25, -0.2) is 0 Å². The summed E-state index contributed by atoms with van der Waals surface area (Å²) in [4.78, 5) is 42.0. The standard InChI is InChI=1S/2C17H30O4.Sn/c2*1-2-3-4-5-6-7-8-9-10-11-12-13-15(17(20)21)14-16(18)19;/h2*14H,2-13H2,1H3,(H,18,19)(H,20,21);/q;;+4/p-4/b2*15-14-;. The largest absolute Gasteiger partial charge is 4.00 e. The van der Waals surface area contributed by atoms with Gasteiger partial charge < -0.3 is 39.6 Å². The summed E-state index contributed by atoms with van der Waals surface area (Å²) in [6.45, 7) is 4.43. The average Bonchev–Trinajstić information content (AvgIpc) is 2.93. The van der Waals surface area contributed by atoms with E-state index in [0.717, 1.165) is 25.7 Å². The molecule has 9 heteroatoms. The van der Waals surface area contributed by atoms with Crippen LogP contribution >= 0.6 is 0 Å². The van der Waals surface area contributed by atoms with E-state index in [0.29, 0.717) is 25.0 Å². The van der Waals surface area contributed by atoms with Crippen LogP contribution in [0.15, 0.2) is 23.3 Å². The molecule has 0 saturated carbocycles. The molecule has 0 amide bonds. The Balaban J connectivity index is -0.000000727. The first-order valence-corrected chi connectivity index (χ1v) is 16.4. The van der Waals surface area contributed by atoms with Crippen LogP contribution in [0.3, 0.4) is 0 Å². The molecular weight excluding hydrogens is 655 g/mol. The van der Waals surface area contributed by atoms with Gasteiger partial charge in [0.05, 0.1) is 23.9 Å². The van der Waals surface area contributed by atoms with Gasteiger partial charge in [0.15, 0.2) is 0 Å². The van der Waals surface area contributed by atoms with Crippen molar-refractivity contribution < 1.29 is 39.6 Å². The Bertz CT molecular complexity index is 712. The van der Waals surface area contributed by atoms with Crippen LogP contribution in [-0.4, -0.2) is 47.8 Å². The fourth-order valence-electron chi connectivity index (χ4n) is 4.71. The van der Waals surface area contributed by atoms with Crippen molar-refractivity contribution in [3.8, 4) is 0 Å². The number of rotatable bonds is 28. The van der Waals surface area contributed by atoms with Crippen LogP contribution in [0.1, 0.15) is 168 Å². The molecule has 0 atom stereocenters. The molecule has 0 spiro atoms. The first-order valence-electron chi connectivity index (χ1n) is 16.4. The van der Waals surface area contributed by atoms with Crippen LogP contribution in [0, 0.1) is 0 Å². The van der Waals surface area contributed by atoms with Crippen LogP contribution < -0.4 is 20.4 Å². The monoisotopic (exact) mass is 712 g/mol. The predicted octanol–water partition coefficient (Wildman–Crippen LogP) is 3.85. The quantitative estimate of drug-likeness (QED) is 0.0673. The summed E-state index contributed by atoms with van der Waals surface area (Å²) in [6, 6.07) is 0. The van der Waals surface area contributed by atoms with Gasteiger partial charge in [-0.05, 0) is 49.0 Å². The topological polar surface area (TPSA) is 161 Å². The van der Waals surface area contributed by atoms with Crippen molar-refractivity contribution in [3.63, 3.8) is 0 Å². The van der Waals surface area contributed by atoms with Crippen LogP contribution in [-0.2, 0) is 19.2 Å². The number of carboxylic acids is 4. The molecule has 0 fully saturated rings. The molecule has 0 aromatic carbocycles. The van der Waals surface area contributed by atoms with Crippen molar-refractivity contribution in [3.05, 3.63) is 23.3 Å². The zero-order valence-corrected chi connectivity index (χ0v) is 29.7. The summed E-state index contributed by atoms with van der Waals surface area (Å²) in [5.74, 6) is -5.77.